The van der Waals surface area contributed by atoms with Gasteiger partial charge in [0.2, 0.25) is 15.9 Å². The van der Waals surface area contributed by atoms with Gasteiger partial charge in [0.1, 0.15) is 0 Å². The molecule has 2 N–H and O–H groups in total. The number of anilines is 1. The SMILES string of the molecule is O=C(CCNS(=O)(=O)/C=C/c1ccccc1)Nc1nc(C2CC2)cs1. The molecule has 0 saturated heterocycles. The maximum atomic E-state index is 11.9. The molecule has 1 amide bonds. The summed E-state index contributed by atoms with van der Waals surface area (Å²) >= 11 is 1.40. The molecule has 0 bridgehead atoms. The minimum atomic E-state index is -3.57. The van der Waals surface area contributed by atoms with Crippen LogP contribution in [0.25, 0.3) is 6.08 Å². The van der Waals surface area contributed by atoms with Crippen LogP contribution in [-0.2, 0) is 14.8 Å². The van der Waals surface area contributed by atoms with Crippen molar-refractivity contribution in [2.45, 2.75) is 25.2 Å². The van der Waals surface area contributed by atoms with E-state index in [0.717, 1.165) is 29.5 Å². The summed E-state index contributed by atoms with van der Waals surface area (Å²) < 4.78 is 26.2. The number of amides is 1. The van der Waals surface area contributed by atoms with E-state index in [9.17, 15) is 13.2 Å². The second kappa shape index (κ2) is 7.90. The standard InChI is InChI=1S/C17H19N3O3S2/c21-16(20-17-19-15(12-24-17)14-6-7-14)8-10-18-25(22,23)11-9-13-4-2-1-3-5-13/h1-5,9,11-12,14,18H,6-8,10H2,(H,19,20,21)/b11-9+. The van der Waals surface area contributed by atoms with E-state index in [4.69, 9.17) is 0 Å². The summed E-state index contributed by atoms with van der Waals surface area (Å²) in [5.74, 6) is 0.288. The van der Waals surface area contributed by atoms with Crippen molar-refractivity contribution >= 4 is 38.5 Å². The zero-order chi connectivity index (χ0) is 17.7. The van der Waals surface area contributed by atoms with Gasteiger partial charge in [-0.25, -0.2) is 18.1 Å². The summed E-state index contributed by atoms with van der Waals surface area (Å²) in [4.78, 5) is 16.2. The molecule has 132 valence electrons. The summed E-state index contributed by atoms with van der Waals surface area (Å²) in [5, 5.41) is 6.34. The van der Waals surface area contributed by atoms with Crippen molar-refractivity contribution in [3.8, 4) is 0 Å². The van der Waals surface area contributed by atoms with E-state index in [1.807, 2.05) is 35.7 Å². The van der Waals surface area contributed by atoms with Crippen molar-refractivity contribution in [3.05, 3.63) is 52.4 Å². The molecule has 1 aromatic heterocycles. The van der Waals surface area contributed by atoms with Gasteiger partial charge < -0.3 is 5.32 Å². The molecule has 1 saturated carbocycles. The number of hydrogen-bond acceptors (Lipinski definition) is 5. The van der Waals surface area contributed by atoms with E-state index in [-0.39, 0.29) is 18.9 Å². The normalized spacial score (nSPS) is 14.7. The average molecular weight is 377 g/mol. The van der Waals surface area contributed by atoms with Crippen LogP contribution in [0, 0.1) is 0 Å². The Morgan fingerprint density at radius 2 is 2.04 bits per heavy atom. The second-order valence-corrected chi connectivity index (χ2v) is 8.31. The zero-order valence-corrected chi connectivity index (χ0v) is 15.1. The van der Waals surface area contributed by atoms with Crippen LogP contribution in [0.5, 0.6) is 0 Å². The quantitative estimate of drug-likeness (QED) is 0.740. The number of rotatable bonds is 8. The summed E-state index contributed by atoms with van der Waals surface area (Å²) in [7, 11) is -3.57. The number of benzene rings is 1. The molecular formula is C17H19N3O3S2. The Bertz CT molecular complexity index is 856. The first kappa shape index (κ1) is 17.8. The first-order valence-corrected chi connectivity index (χ1v) is 10.4. The average Bonchev–Trinajstić information content (AvgIpc) is 3.34. The predicted molar refractivity (Wildman–Crippen MR) is 99.7 cm³/mol. The van der Waals surface area contributed by atoms with Crippen LogP contribution in [0.2, 0.25) is 0 Å². The van der Waals surface area contributed by atoms with Crippen molar-refractivity contribution in [1.29, 1.82) is 0 Å². The van der Waals surface area contributed by atoms with Crippen molar-refractivity contribution in [2.75, 3.05) is 11.9 Å². The van der Waals surface area contributed by atoms with E-state index < -0.39 is 10.0 Å². The predicted octanol–water partition coefficient (Wildman–Crippen LogP) is 2.94. The number of aromatic nitrogens is 1. The fraction of sp³-hybridized carbons (Fsp3) is 0.294. The maximum Gasteiger partial charge on any atom is 0.233 e. The summed E-state index contributed by atoms with van der Waals surface area (Å²) in [6.07, 6.45) is 3.89. The number of carbonyl (C=O) groups excluding carboxylic acids is 1. The first-order chi connectivity index (χ1) is 12.0. The van der Waals surface area contributed by atoms with Gasteiger partial charge in [-0.1, -0.05) is 30.3 Å². The zero-order valence-electron chi connectivity index (χ0n) is 13.5. The molecule has 0 radical (unpaired) electrons. The van der Waals surface area contributed by atoms with E-state index in [1.165, 1.54) is 17.4 Å². The molecule has 1 aliphatic carbocycles. The van der Waals surface area contributed by atoms with Crippen LogP contribution in [0.3, 0.4) is 0 Å². The van der Waals surface area contributed by atoms with Crippen LogP contribution < -0.4 is 10.0 Å². The monoisotopic (exact) mass is 377 g/mol. The Balaban J connectivity index is 1.43. The topological polar surface area (TPSA) is 88.2 Å². The Hall–Kier alpha value is -2.03. The van der Waals surface area contributed by atoms with E-state index in [1.54, 1.807) is 0 Å². The van der Waals surface area contributed by atoms with Crippen LogP contribution in [0.15, 0.2) is 41.1 Å². The van der Waals surface area contributed by atoms with Gasteiger partial charge >= 0.3 is 0 Å². The van der Waals surface area contributed by atoms with Crippen molar-refractivity contribution in [3.63, 3.8) is 0 Å². The van der Waals surface area contributed by atoms with Gasteiger partial charge in [-0.15, -0.1) is 11.3 Å². The van der Waals surface area contributed by atoms with Crippen LogP contribution in [0.4, 0.5) is 5.13 Å². The van der Waals surface area contributed by atoms with E-state index >= 15 is 0 Å². The van der Waals surface area contributed by atoms with Crippen LogP contribution >= 0.6 is 11.3 Å². The molecule has 6 nitrogen and oxygen atoms in total. The lowest BCUT2D eigenvalue weighted by atomic mass is 10.2. The number of nitrogens with zero attached hydrogens (tertiary/aromatic N) is 1. The van der Waals surface area contributed by atoms with Gasteiger partial charge in [0, 0.05) is 29.7 Å². The first-order valence-electron chi connectivity index (χ1n) is 8.00. The summed E-state index contributed by atoms with van der Waals surface area (Å²) in [5.41, 5.74) is 1.83. The summed E-state index contributed by atoms with van der Waals surface area (Å²) in [6, 6.07) is 9.14. The Morgan fingerprint density at radius 1 is 1.28 bits per heavy atom. The van der Waals surface area contributed by atoms with E-state index in [2.05, 4.69) is 15.0 Å². The lowest BCUT2D eigenvalue weighted by molar-refractivity contribution is -0.116. The van der Waals surface area contributed by atoms with Crippen LogP contribution in [0.1, 0.15) is 36.4 Å². The molecule has 2 aromatic rings. The number of nitrogens with one attached hydrogen (secondary N) is 2. The lowest BCUT2D eigenvalue weighted by Crippen LogP contribution is -2.26. The fourth-order valence-electron chi connectivity index (χ4n) is 2.18. The third-order valence-electron chi connectivity index (χ3n) is 3.66. The fourth-order valence-corrected chi connectivity index (χ4v) is 3.81. The minimum absolute atomic E-state index is 0.0359. The highest BCUT2D eigenvalue weighted by molar-refractivity contribution is 7.92. The Morgan fingerprint density at radius 3 is 2.76 bits per heavy atom. The number of sulfonamides is 1. The van der Waals surface area contributed by atoms with Gasteiger partial charge in [0.05, 0.1) is 5.69 Å². The van der Waals surface area contributed by atoms with Crippen molar-refractivity contribution in [1.82, 2.24) is 9.71 Å². The highest BCUT2D eigenvalue weighted by Crippen LogP contribution is 2.40. The third kappa shape index (κ3) is 5.77. The van der Waals surface area contributed by atoms with Crippen LogP contribution in [-0.4, -0.2) is 25.9 Å². The molecule has 25 heavy (non-hydrogen) atoms. The van der Waals surface area contributed by atoms with Crippen molar-refractivity contribution < 1.29 is 13.2 Å². The van der Waals surface area contributed by atoms with Gasteiger partial charge in [-0.05, 0) is 24.5 Å². The smallest absolute Gasteiger partial charge is 0.233 e. The maximum absolute atomic E-state index is 11.9. The highest BCUT2D eigenvalue weighted by Gasteiger charge is 2.26. The molecule has 1 aromatic carbocycles. The molecule has 0 atom stereocenters. The molecule has 0 unspecified atom stereocenters. The number of thiazole rings is 1. The highest BCUT2D eigenvalue weighted by atomic mass is 32.2. The Labute approximate surface area is 151 Å². The molecule has 0 spiro atoms. The second-order valence-electron chi connectivity index (χ2n) is 5.80. The number of carbonyl (C=O) groups is 1. The molecule has 0 aliphatic heterocycles. The van der Waals surface area contributed by atoms with E-state index in [0.29, 0.717) is 11.0 Å². The third-order valence-corrected chi connectivity index (χ3v) is 5.54. The molecule has 3 rings (SSSR count). The van der Waals surface area contributed by atoms with Gasteiger partial charge in [0.25, 0.3) is 0 Å². The lowest BCUT2D eigenvalue weighted by Gasteiger charge is -2.03. The largest absolute Gasteiger partial charge is 0.302 e. The molecule has 1 heterocycles. The molecular weight excluding hydrogens is 358 g/mol. The minimum Gasteiger partial charge on any atom is -0.302 e. The molecule has 1 aliphatic rings. The van der Waals surface area contributed by atoms with Gasteiger partial charge in [0.15, 0.2) is 5.13 Å². The molecule has 8 heteroatoms. The van der Waals surface area contributed by atoms with Gasteiger partial charge in [-0.3, -0.25) is 4.79 Å². The molecule has 1 fully saturated rings. The summed E-state index contributed by atoms with van der Waals surface area (Å²) in [6.45, 7) is 0.0359. The number of hydrogen-bond donors (Lipinski definition) is 2. The van der Waals surface area contributed by atoms with Gasteiger partial charge in [-0.2, -0.15) is 0 Å². The van der Waals surface area contributed by atoms with Crippen molar-refractivity contribution in [2.24, 2.45) is 0 Å². The Kier molecular flexibility index (Phi) is 5.62.